The quantitative estimate of drug-likeness (QED) is 0.150. The molecule has 0 saturated heterocycles. The number of hydrogen-bond donors (Lipinski definition) is 2. The predicted octanol–water partition coefficient (Wildman–Crippen LogP) is 10.3. The fourth-order valence-corrected chi connectivity index (χ4v) is 7.14. The molecule has 1 aromatic heterocycles. The number of pyridine rings is 1. The third-order valence-corrected chi connectivity index (χ3v) is 9.65. The van der Waals surface area contributed by atoms with Crippen molar-refractivity contribution in [2.24, 2.45) is 4.99 Å². The van der Waals surface area contributed by atoms with E-state index >= 15 is 0 Å². The van der Waals surface area contributed by atoms with E-state index in [0.717, 1.165) is 27.8 Å². The Hall–Kier alpha value is -6.31. The van der Waals surface area contributed by atoms with Gasteiger partial charge in [-0.15, -0.1) is 0 Å². The summed E-state index contributed by atoms with van der Waals surface area (Å²) in [6.45, 7) is 4.50. The molecule has 0 bridgehead atoms. The zero-order valence-electron chi connectivity index (χ0n) is 26.8. The van der Waals surface area contributed by atoms with Crippen LogP contribution in [0.3, 0.4) is 0 Å². The average Bonchev–Trinajstić information content (AvgIpc) is 3.36. The second-order valence-electron chi connectivity index (χ2n) is 12.8. The number of aromatic nitrogens is 1. The molecule has 0 aliphatic heterocycles. The van der Waals surface area contributed by atoms with Crippen molar-refractivity contribution in [3.05, 3.63) is 173 Å². The van der Waals surface area contributed by atoms with E-state index in [2.05, 4.69) is 103 Å². The summed E-state index contributed by atoms with van der Waals surface area (Å²) in [6.07, 6.45) is 1.84. The van der Waals surface area contributed by atoms with Crippen LogP contribution >= 0.6 is 0 Å². The number of benzene rings is 6. The lowest BCUT2D eigenvalue weighted by atomic mass is 9.81. The number of amidine groups is 1. The lowest BCUT2D eigenvalue weighted by Crippen LogP contribution is -2.15. The van der Waals surface area contributed by atoms with E-state index in [0.29, 0.717) is 11.1 Å². The van der Waals surface area contributed by atoms with Crippen molar-refractivity contribution >= 4 is 16.6 Å². The number of nitriles is 1. The van der Waals surface area contributed by atoms with E-state index in [1.807, 2.05) is 72.9 Å². The van der Waals surface area contributed by atoms with Gasteiger partial charge in [-0.25, -0.2) is 4.99 Å². The fraction of sp³-hybridized carbons (Fsp3) is 0.0682. The Balaban J connectivity index is 1.14. The minimum atomic E-state index is -0.202. The molecule has 4 heteroatoms. The zero-order valence-corrected chi connectivity index (χ0v) is 26.8. The minimum Gasteiger partial charge on any atom is -0.346 e. The molecular formula is C44H32N4. The molecule has 0 spiro atoms. The first-order valence-electron chi connectivity index (χ1n) is 16.1. The number of aromatic amines is 1. The molecule has 0 unspecified atom stereocenters. The molecule has 0 saturated carbocycles. The van der Waals surface area contributed by atoms with Crippen molar-refractivity contribution in [3.8, 4) is 50.6 Å². The first-order chi connectivity index (χ1) is 23.4. The molecule has 0 atom stereocenters. The smallest absolute Gasteiger partial charge is 0.154 e. The summed E-state index contributed by atoms with van der Waals surface area (Å²) >= 11 is 0. The standard InChI is InChI=1S/C44H32N4/c1-44(2)40-25-28(27-45)16-22-38(40)39-23-21-32(26-41(39)44)34-12-7-13-36-33(11-6-14-37(34)36)30-17-19-31(20-18-30)42(46)48-43-35(15-8-24-47-43)29-9-4-3-5-10-29/h3-26H,1-2H3,(H2,46,47,48). The van der Waals surface area contributed by atoms with Gasteiger partial charge in [0, 0.05) is 22.7 Å². The Morgan fingerprint density at radius 2 is 1.21 bits per heavy atom. The Bertz CT molecular complexity index is 2490. The van der Waals surface area contributed by atoms with E-state index in [1.54, 1.807) is 0 Å². The van der Waals surface area contributed by atoms with Crippen LogP contribution in [0.25, 0.3) is 55.3 Å². The van der Waals surface area contributed by atoms with Crippen molar-refractivity contribution in [2.45, 2.75) is 19.3 Å². The molecule has 0 fully saturated rings. The van der Waals surface area contributed by atoms with Crippen molar-refractivity contribution in [1.29, 1.82) is 10.7 Å². The van der Waals surface area contributed by atoms with Crippen LogP contribution in [0.1, 0.15) is 36.1 Å². The van der Waals surface area contributed by atoms with E-state index < -0.39 is 0 Å². The molecule has 2 N–H and O–H groups in total. The maximum absolute atomic E-state index is 9.53. The maximum atomic E-state index is 9.53. The van der Waals surface area contributed by atoms with Crippen molar-refractivity contribution in [1.82, 2.24) is 4.98 Å². The van der Waals surface area contributed by atoms with E-state index in [1.165, 1.54) is 44.2 Å². The van der Waals surface area contributed by atoms with Crippen molar-refractivity contribution < 1.29 is 0 Å². The molecule has 8 rings (SSSR count). The Labute approximate surface area is 279 Å². The van der Waals surface area contributed by atoms with Gasteiger partial charge in [0.2, 0.25) is 0 Å². The number of fused-ring (bicyclic) bond motifs is 4. The summed E-state index contributed by atoms with van der Waals surface area (Å²) in [5.74, 6) is 0.201. The molecule has 228 valence electrons. The third kappa shape index (κ3) is 4.85. The van der Waals surface area contributed by atoms with Crippen molar-refractivity contribution in [3.63, 3.8) is 0 Å². The molecule has 0 amide bonds. The van der Waals surface area contributed by atoms with Gasteiger partial charge in [-0.1, -0.05) is 123 Å². The minimum absolute atomic E-state index is 0.201. The first-order valence-corrected chi connectivity index (χ1v) is 16.1. The van der Waals surface area contributed by atoms with Gasteiger partial charge < -0.3 is 4.98 Å². The van der Waals surface area contributed by atoms with Gasteiger partial charge in [0.15, 0.2) is 5.84 Å². The number of H-pyrrole nitrogens is 1. The monoisotopic (exact) mass is 616 g/mol. The van der Waals surface area contributed by atoms with Gasteiger partial charge in [-0.2, -0.15) is 5.26 Å². The molecule has 1 aliphatic rings. The predicted molar refractivity (Wildman–Crippen MR) is 196 cm³/mol. The topological polar surface area (TPSA) is 75.8 Å². The SMILES string of the molecule is CC1(C)c2cc(C#N)ccc2-c2ccc(-c3cccc4c(-c5ccc(C(=N)N=c6[nH]cccc6-c6ccccc6)cc5)cccc34)cc21. The summed E-state index contributed by atoms with van der Waals surface area (Å²) in [7, 11) is 0. The highest BCUT2D eigenvalue weighted by molar-refractivity contribution is 6.05. The highest BCUT2D eigenvalue weighted by Crippen LogP contribution is 2.50. The maximum Gasteiger partial charge on any atom is 0.154 e. The molecule has 7 aromatic rings. The summed E-state index contributed by atoms with van der Waals surface area (Å²) < 4.78 is 0. The van der Waals surface area contributed by atoms with Crippen LogP contribution < -0.4 is 5.49 Å². The highest BCUT2D eigenvalue weighted by Gasteiger charge is 2.35. The van der Waals surface area contributed by atoms with Crippen LogP contribution in [0, 0.1) is 16.7 Å². The molecule has 48 heavy (non-hydrogen) atoms. The van der Waals surface area contributed by atoms with Gasteiger partial charge in [0.25, 0.3) is 0 Å². The van der Waals surface area contributed by atoms with Crippen LogP contribution in [0.15, 0.2) is 151 Å². The summed E-state index contributed by atoms with van der Waals surface area (Å²) in [5, 5.41) is 20.7. The molecule has 1 aliphatic carbocycles. The van der Waals surface area contributed by atoms with Gasteiger partial charge in [-0.3, -0.25) is 5.41 Å². The van der Waals surface area contributed by atoms with Crippen LogP contribution in [-0.2, 0) is 5.41 Å². The van der Waals surface area contributed by atoms with Crippen molar-refractivity contribution in [2.75, 3.05) is 0 Å². The van der Waals surface area contributed by atoms with Gasteiger partial charge in [0.1, 0.15) is 5.49 Å². The second kappa shape index (κ2) is 11.5. The molecule has 0 radical (unpaired) electrons. The van der Waals surface area contributed by atoms with Gasteiger partial charge in [0.05, 0.1) is 11.6 Å². The van der Waals surface area contributed by atoms with E-state index in [-0.39, 0.29) is 11.3 Å². The van der Waals surface area contributed by atoms with Crippen LogP contribution in [0.5, 0.6) is 0 Å². The molecule has 1 heterocycles. The molecule has 6 aromatic carbocycles. The Morgan fingerprint density at radius 3 is 1.92 bits per heavy atom. The average molecular weight is 617 g/mol. The summed E-state index contributed by atoms with van der Waals surface area (Å²) in [4.78, 5) is 7.89. The van der Waals surface area contributed by atoms with E-state index in [4.69, 9.17) is 5.41 Å². The normalized spacial score (nSPS) is 13.1. The Morgan fingerprint density at radius 1 is 0.604 bits per heavy atom. The number of rotatable bonds is 4. The summed E-state index contributed by atoms with van der Waals surface area (Å²) in [5.41, 5.74) is 13.4. The number of nitrogens with one attached hydrogen (secondary N) is 2. The van der Waals surface area contributed by atoms with Crippen LogP contribution in [0.2, 0.25) is 0 Å². The summed E-state index contributed by atoms with van der Waals surface area (Å²) in [6, 6.07) is 50.4. The number of nitrogens with zero attached hydrogens (tertiary/aromatic N) is 2. The van der Waals surface area contributed by atoms with Gasteiger partial charge in [-0.05, 0) is 91.2 Å². The third-order valence-electron chi connectivity index (χ3n) is 9.65. The first kappa shape index (κ1) is 29.1. The number of hydrogen-bond acceptors (Lipinski definition) is 2. The van der Waals surface area contributed by atoms with Crippen LogP contribution in [-0.4, -0.2) is 10.8 Å². The Kier molecular flexibility index (Phi) is 6.97. The molecule has 4 nitrogen and oxygen atoms in total. The molecular weight excluding hydrogens is 585 g/mol. The lowest BCUT2D eigenvalue weighted by molar-refractivity contribution is 0.660. The lowest BCUT2D eigenvalue weighted by Gasteiger charge is -2.22. The highest BCUT2D eigenvalue weighted by atomic mass is 14.9. The van der Waals surface area contributed by atoms with Gasteiger partial charge >= 0.3 is 0 Å². The largest absolute Gasteiger partial charge is 0.346 e. The van der Waals surface area contributed by atoms with Crippen LogP contribution in [0.4, 0.5) is 0 Å². The fourth-order valence-electron chi connectivity index (χ4n) is 7.14. The van der Waals surface area contributed by atoms with E-state index in [9.17, 15) is 5.26 Å². The second-order valence-corrected chi connectivity index (χ2v) is 12.8. The zero-order chi connectivity index (χ0) is 32.8.